The molecule has 408 valence electrons. The van der Waals surface area contributed by atoms with E-state index in [4.69, 9.17) is 14.2 Å². The molecule has 0 amide bonds. The first kappa shape index (κ1) is 66.3. The molecule has 0 spiro atoms. The van der Waals surface area contributed by atoms with Crippen molar-refractivity contribution in [3.05, 3.63) is 0 Å². The van der Waals surface area contributed by atoms with Crippen LogP contribution in [0.15, 0.2) is 0 Å². The summed E-state index contributed by atoms with van der Waals surface area (Å²) >= 11 is 0. The summed E-state index contributed by atoms with van der Waals surface area (Å²) in [5.74, 6) is -20.6. The van der Waals surface area contributed by atoms with Crippen LogP contribution in [0.5, 0.6) is 0 Å². The van der Waals surface area contributed by atoms with Gasteiger partial charge in [-0.3, -0.25) is 28.8 Å². The van der Waals surface area contributed by atoms with Crippen LogP contribution in [0.3, 0.4) is 0 Å². The number of carbonyl (C=O) groups excluding carboxylic acids is 3. The van der Waals surface area contributed by atoms with Crippen molar-refractivity contribution < 1.29 is 68.2 Å². The smallest absolute Gasteiger partial charge is 0.357 e. The minimum absolute atomic E-state index is 0.0162. The normalized spacial score (nSPS) is 15.4. The van der Waals surface area contributed by atoms with Crippen molar-refractivity contribution >= 4 is 41.8 Å². The number of hydrogen-bond acceptors (Lipinski definition) is 10. The van der Waals surface area contributed by atoms with E-state index in [1.54, 1.807) is 6.92 Å². The van der Waals surface area contributed by atoms with E-state index < -0.39 is 95.6 Å². The highest BCUT2D eigenvalue weighted by Crippen LogP contribution is 2.47. The van der Waals surface area contributed by atoms with Gasteiger partial charge in [0.15, 0.2) is 0 Å². The number of carbonyl (C=O) groups is 7. The summed E-state index contributed by atoms with van der Waals surface area (Å²) in [6.07, 6.45) is 20.1. The summed E-state index contributed by atoms with van der Waals surface area (Å²) < 4.78 is 18.9. The van der Waals surface area contributed by atoms with Crippen LogP contribution in [0.1, 0.15) is 273 Å². The van der Waals surface area contributed by atoms with Gasteiger partial charge in [-0.25, -0.2) is 4.79 Å². The first-order valence-electron chi connectivity index (χ1n) is 28.1. The number of ether oxygens (including phenoxy) is 3. The van der Waals surface area contributed by atoms with Crippen LogP contribution in [-0.4, -0.2) is 73.6 Å². The van der Waals surface area contributed by atoms with Crippen molar-refractivity contribution in [2.45, 2.75) is 285 Å². The number of unbranched alkanes of at least 4 members (excludes halogenated alkanes) is 23. The van der Waals surface area contributed by atoms with E-state index in [1.807, 2.05) is 13.8 Å². The second kappa shape index (κ2) is 39.9. The lowest BCUT2D eigenvalue weighted by molar-refractivity contribution is -0.312. The second-order valence-corrected chi connectivity index (χ2v) is 19.9. The molecule has 0 radical (unpaired) electrons. The average Bonchev–Trinajstić information content (AvgIpc) is 3.31. The van der Waals surface area contributed by atoms with Gasteiger partial charge in [0.25, 0.3) is 5.60 Å². The fourth-order valence-electron chi connectivity index (χ4n) is 9.92. The molecule has 0 aromatic heterocycles. The first-order valence-corrected chi connectivity index (χ1v) is 28.1. The molecular weight excluding hydrogens is 897 g/mol. The van der Waals surface area contributed by atoms with Gasteiger partial charge in [-0.1, -0.05) is 215 Å². The van der Waals surface area contributed by atoms with Gasteiger partial charge >= 0.3 is 47.6 Å². The Labute approximate surface area is 422 Å². The molecule has 7 atom stereocenters. The fourth-order valence-corrected chi connectivity index (χ4v) is 9.92. The van der Waals surface area contributed by atoms with Gasteiger partial charge in [-0.15, -0.1) is 0 Å². The molecule has 0 rings (SSSR count). The highest BCUT2D eigenvalue weighted by atomic mass is 16.8. The predicted octanol–water partition coefficient (Wildman–Crippen LogP) is 14.3. The zero-order valence-electron chi connectivity index (χ0n) is 45.0. The quantitative estimate of drug-likeness (QED) is 0.0253. The molecule has 0 aliphatic heterocycles. The number of carboxylic acid groups (broad SMARTS) is 4. The Morgan fingerprint density at radius 3 is 1.09 bits per heavy atom. The number of carboxylic acids is 4. The van der Waals surface area contributed by atoms with E-state index in [-0.39, 0.29) is 44.9 Å². The zero-order valence-corrected chi connectivity index (χ0v) is 45.0. The first-order chi connectivity index (χ1) is 33.5. The van der Waals surface area contributed by atoms with Crippen LogP contribution in [0.25, 0.3) is 0 Å². The van der Waals surface area contributed by atoms with Gasteiger partial charge in [0.1, 0.15) is 5.92 Å². The van der Waals surface area contributed by atoms with E-state index >= 15 is 9.59 Å². The lowest BCUT2D eigenvalue weighted by Crippen LogP contribution is -2.70. The Bertz CT molecular complexity index is 1470. The van der Waals surface area contributed by atoms with E-state index in [9.17, 15) is 44.4 Å². The molecule has 0 aromatic rings. The molecule has 0 aliphatic carbocycles. The summed E-state index contributed by atoms with van der Waals surface area (Å²) in [6, 6.07) is 0. The summed E-state index contributed by atoms with van der Waals surface area (Å²) in [4.78, 5) is 98.7. The van der Waals surface area contributed by atoms with Gasteiger partial charge in [-0.05, 0) is 44.9 Å². The number of hydrogen-bond donors (Lipinski definition) is 4. The Balaban J connectivity index is 8.39. The van der Waals surface area contributed by atoms with Gasteiger partial charge in [0.2, 0.25) is 0 Å². The fraction of sp³-hybridized carbons (Fsp3) is 0.875. The van der Waals surface area contributed by atoms with Crippen LogP contribution in [0.4, 0.5) is 0 Å². The minimum Gasteiger partial charge on any atom is -0.481 e. The molecule has 0 fully saturated rings. The Morgan fingerprint density at radius 1 is 0.371 bits per heavy atom. The summed E-state index contributed by atoms with van der Waals surface area (Å²) in [5.41, 5.74) is -3.39. The van der Waals surface area contributed by atoms with Crippen LogP contribution in [0, 0.1) is 29.6 Å². The molecule has 0 saturated heterocycles. The molecule has 70 heavy (non-hydrogen) atoms. The highest BCUT2D eigenvalue weighted by Gasteiger charge is 2.72. The molecular formula is C56H100O14. The molecule has 0 aromatic carbocycles. The molecule has 14 heteroatoms. The van der Waals surface area contributed by atoms with Crippen LogP contribution >= 0.6 is 0 Å². The Hall–Kier alpha value is -3.71. The predicted molar refractivity (Wildman–Crippen MR) is 273 cm³/mol. The maximum Gasteiger partial charge on any atom is 0.357 e. The van der Waals surface area contributed by atoms with Crippen molar-refractivity contribution in [1.29, 1.82) is 0 Å². The van der Waals surface area contributed by atoms with Crippen LogP contribution < -0.4 is 0 Å². The molecule has 0 bridgehead atoms. The van der Waals surface area contributed by atoms with Crippen molar-refractivity contribution in [3.63, 3.8) is 0 Å². The molecule has 4 N–H and O–H groups in total. The maximum atomic E-state index is 15.3. The van der Waals surface area contributed by atoms with E-state index in [0.29, 0.717) is 57.8 Å². The van der Waals surface area contributed by atoms with Gasteiger partial charge < -0.3 is 34.6 Å². The number of esters is 3. The van der Waals surface area contributed by atoms with E-state index in [1.165, 1.54) is 6.92 Å². The van der Waals surface area contributed by atoms with Crippen molar-refractivity contribution in [2.75, 3.05) is 0 Å². The standard InChI is InChI=1S/C56H100O14/c1-8-15-20-24-27-28-32-35-40-46(44(50(60)61)38-19-12-5)53(65)70-55(42-37-33-29-25-21-16-9-2,69-52(64)45(43(13-6)49(58)59)39-34-31-26-22-17-10-3)56(54(66)67,47(14-7)51(62)63)68-48(57)41-36-30-23-18-11-4/h43-47H,8-42H2,1-7H3,(H,58,59)(H,60,61)(H,62,63)(H,66,67). The third-order valence-corrected chi connectivity index (χ3v) is 14.2. The highest BCUT2D eigenvalue weighted by molar-refractivity contribution is 5.91. The third-order valence-electron chi connectivity index (χ3n) is 14.2. The van der Waals surface area contributed by atoms with Crippen molar-refractivity contribution in [3.8, 4) is 0 Å². The molecule has 14 nitrogen and oxygen atoms in total. The Morgan fingerprint density at radius 2 is 0.729 bits per heavy atom. The van der Waals surface area contributed by atoms with Crippen molar-refractivity contribution in [2.24, 2.45) is 29.6 Å². The molecule has 0 saturated carbocycles. The Kier molecular flexibility index (Phi) is 37.7. The average molecular weight is 997 g/mol. The summed E-state index contributed by atoms with van der Waals surface area (Å²) in [6.45, 7) is 13.2. The van der Waals surface area contributed by atoms with Crippen LogP contribution in [0.2, 0.25) is 0 Å². The summed E-state index contributed by atoms with van der Waals surface area (Å²) in [7, 11) is 0. The number of rotatable bonds is 48. The van der Waals surface area contributed by atoms with Gasteiger partial charge in [0, 0.05) is 12.8 Å². The van der Waals surface area contributed by atoms with Crippen LogP contribution in [-0.2, 0) is 47.8 Å². The second-order valence-electron chi connectivity index (χ2n) is 19.9. The maximum absolute atomic E-state index is 15.3. The van der Waals surface area contributed by atoms with Crippen molar-refractivity contribution in [1.82, 2.24) is 0 Å². The lowest BCUT2D eigenvalue weighted by Gasteiger charge is -2.48. The monoisotopic (exact) mass is 997 g/mol. The summed E-state index contributed by atoms with van der Waals surface area (Å²) in [5, 5.41) is 43.9. The van der Waals surface area contributed by atoms with E-state index in [2.05, 4.69) is 20.8 Å². The molecule has 7 unspecified atom stereocenters. The number of aliphatic carboxylic acids is 4. The minimum atomic E-state index is -3.39. The third kappa shape index (κ3) is 24.1. The molecule has 0 heterocycles. The topological polar surface area (TPSA) is 228 Å². The van der Waals surface area contributed by atoms with Gasteiger partial charge in [0.05, 0.1) is 23.7 Å². The van der Waals surface area contributed by atoms with Gasteiger partial charge in [-0.2, -0.15) is 0 Å². The van der Waals surface area contributed by atoms with E-state index in [0.717, 1.165) is 109 Å². The zero-order chi connectivity index (χ0) is 52.8. The SMILES string of the molecule is CCCCCCCCCCC(C(=O)OC(CCCCCCCCC)(OC(=O)C(CCCCCCCC)C(CC)C(=O)O)C(OC(=O)CCCCCCC)(C(=O)O)C(CC)C(=O)O)C(CCCC)C(=O)O. The largest absolute Gasteiger partial charge is 0.481 e. The lowest BCUT2D eigenvalue weighted by atomic mass is 9.75. The molecule has 0 aliphatic rings.